The molecule has 0 aromatic heterocycles. The second kappa shape index (κ2) is 8.22. The van der Waals surface area contributed by atoms with Crippen LogP contribution in [0.1, 0.15) is 25.7 Å². The Morgan fingerprint density at radius 3 is 2.55 bits per heavy atom. The van der Waals surface area contributed by atoms with Gasteiger partial charge >= 0.3 is 0 Å². The molecule has 20 heavy (non-hydrogen) atoms. The van der Waals surface area contributed by atoms with E-state index in [1.54, 1.807) is 12.1 Å². The lowest BCUT2D eigenvalue weighted by atomic mass is 9.93. The third kappa shape index (κ3) is 5.10. The van der Waals surface area contributed by atoms with E-state index in [2.05, 4.69) is 4.90 Å². The monoisotopic (exact) mass is 280 g/mol. The Hall–Kier alpha value is -1.13. The molecule has 0 spiro atoms. The Kier molecular flexibility index (Phi) is 6.27. The molecule has 0 atom stereocenters. The molecular formula is C16H25FN2O. The maximum absolute atomic E-state index is 12.7. The highest BCUT2D eigenvalue weighted by Crippen LogP contribution is 2.19. The maximum atomic E-state index is 12.7. The van der Waals surface area contributed by atoms with E-state index in [4.69, 9.17) is 10.5 Å². The van der Waals surface area contributed by atoms with E-state index in [0.29, 0.717) is 6.61 Å². The number of ether oxygens (including phenoxy) is 1. The van der Waals surface area contributed by atoms with Crippen molar-refractivity contribution in [1.82, 2.24) is 4.90 Å². The molecule has 2 N–H and O–H groups in total. The summed E-state index contributed by atoms with van der Waals surface area (Å²) in [5.41, 5.74) is 5.60. The van der Waals surface area contributed by atoms with Gasteiger partial charge in [0.2, 0.25) is 0 Å². The number of likely N-dealkylation sites (tertiary alicyclic amines) is 1. The quantitative estimate of drug-likeness (QED) is 0.780. The predicted molar refractivity (Wildman–Crippen MR) is 79.3 cm³/mol. The van der Waals surface area contributed by atoms with Crippen LogP contribution >= 0.6 is 0 Å². The molecule has 0 aliphatic carbocycles. The predicted octanol–water partition coefficient (Wildman–Crippen LogP) is 2.66. The lowest BCUT2D eigenvalue weighted by Gasteiger charge is -2.31. The van der Waals surface area contributed by atoms with Gasteiger partial charge in [0.15, 0.2) is 0 Å². The summed E-state index contributed by atoms with van der Waals surface area (Å²) < 4.78 is 18.3. The van der Waals surface area contributed by atoms with E-state index in [0.717, 1.165) is 31.2 Å². The van der Waals surface area contributed by atoms with E-state index in [1.807, 2.05) is 0 Å². The van der Waals surface area contributed by atoms with Crippen LogP contribution in [0.4, 0.5) is 4.39 Å². The minimum atomic E-state index is -0.224. The largest absolute Gasteiger partial charge is 0.494 e. The fourth-order valence-electron chi connectivity index (χ4n) is 2.74. The summed E-state index contributed by atoms with van der Waals surface area (Å²) in [6, 6.07) is 6.20. The second-order valence-electron chi connectivity index (χ2n) is 5.52. The molecule has 0 bridgehead atoms. The number of hydrogen-bond donors (Lipinski definition) is 1. The van der Waals surface area contributed by atoms with Crippen molar-refractivity contribution in [2.75, 3.05) is 32.8 Å². The van der Waals surface area contributed by atoms with Crippen LogP contribution in [-0.4, -0.2) is 37.7 Å². The van der Waals surface area contributed by atoms with Gasteiger partial charge in [0, 0.05) is 6.54 Å². The highest BCUT2D eigenvalue weighted by Gasteiger charge is 2.17. The number of piperidine rings is 1. The number of benzene rings is 1. The molecule has 1 aliphatic rings. The summed E-state index contributed by atoms with van der Waals surface area (Å²) in [5, 5.41) is 0. The Bertz CT molecular complexity index is 375. The van der Waals surface area contributed by atoms with Crippen molar-refractivity contribution < 1.29 is 9.13 Å². The fourth-order valence-corrected chi connectivity index (χ4v) is 2.74. The van der Waals surface area contributed by atoms with Crippen LogP contribution in [0.25, 0.3) is 0 Å². The van der Waals surface area contributed by atoms with E-state index in [9.17, 15) is 4.39 Å². The second-order valence-corrected chi connectivity index (χ2v) is 5.52. The Morgan fingerprint density at radius 1 is 1.20 bits per heavy atom. The molecule has 1 saturated heterocycles. The lowest BCUT2D eigenvalue weighted by Crippen LogP contribution is -2.35. The lowest BCUT2D eigenvalue weighted by molar-refractivity contribution is 0.167. The molecule has 0 unspecified atom stereocenters. The number of nitrogens with two attached hydrogens (primary N) is 1. The van der Waals surface area contributed by atoms with Crippen LogP contribution in [0.2, 0.25) is 0 Å². The first-order valence-corrected chi connectivity index (χ1v) is 7.58. The van der Waals surface area contributed by atoms with Crippen LogP contribution in [0.3, 0.4) is 0 Å². The average Bonchev–Trinajstić information content (AvgIpc) is 2.47. The maximum Gasteiger partial charge on any atom is 0.123 e. The van der Waals surface area contributed by atoms with Gasteiger partial charge in [-0.2, -0.15) is 0 Å². The highest BCUT2D eigenvalue weighted by atomic mass is 19.1. The first kappa shape index (κ1) is 15.3. The summed E-state index contributed by atoms with van der Waals surface area (Å²) in [6.45, 7) is 4.95. The molecule has 1 aromatic carbocycles. The molecule has 2 rings (SSSR count). The Morgan fingerprint density at radius 2 is 1.90 bits per heavy atom. The molecule has 0 saturated carbocycles. The minimum absolute atomic E-state index is 0.224. The van der Waals surface area contributed by atoms with Crippen LogP contribution in [0.5, 0.6) is 5.75 Å². The van der Waals surface area contributed by atoms with Gasteiger partial charge in [0.1, 0.15) is 11.6 Å². The fraction of sp³-hybridized carbons (Fsp3) is 0.625. The Balaban J connectivity index is 1.56. The molecule has 112 valence electrons. The topological polar surface area (TPSA) is 38.5 Å². The van der Waals surface area contributed by atoms with Crippen LogP contribution in [-0.2, 0) is 0 Å². The van der Waals surface area contributed by atoms with Crippen molar-refractivity contribution in [2.24, 2.45) is 11.7 Å². The smallest absolute Gasteiger partial charge is 0.123 e. The van der Waals surface area contributed by atoms with Crippen molar-refractivity contribution in [1.29, 1.82) is 0 Å². The zero-order chi connectivity index (χ0) is 14.2. The standard InChI is InChI=1S/C16H25FN2O/c17-15-2-4-16(5-3-15)20-13-1-10-19-11-7-14(6-9-18)8-12-19/h2-5,14H,1,6-13,18H2. The van der Waals surface area contributed by atoms with Crippen LogP contribution in [0, 0.1) is 11.7 Å². The minimum Gasteiger partial charge on any atom is -0.494 e. The van der Waals surface area contributed by atoms with E-state index >= 15 is 0 Å². The van der Waals surface area contributed by atoms with Crippen molar-refractivity contribution in [3.05, 3.63) is 30.1 Å². The van der Waals surface area contributed by atoms with Crippen molar-refractivity contribution >= 4 is 0 Å². The van der Waals surface area contributed by atoms with Gasteiger partial charge < -0.3 is 15.4 Å². The molecule has 1 fully saturated rings. The van der Waals surface area contributed by atoms with Gasteiger partial charge in [-0.25, -0.2) is 4.39 Å². The average molecular weight is 280 g/mol. The highest BCUT2D eigenvalue weighted by molar-refractivity contribution is 5.21. The van der Waals surface area contributed by atoms with Crippen LogP contribution in [0.15, 0.2) is 24.3 Å². The van der Waals surface area contributed by atoms with E-state index in [-0.39, 0.29) is 5.82 Å². The molecule has 0 radical (unpaired) electrons. The van der Waals surface area contributed by atoms with E-state index < -0.39 is 0 Å². The van der Waals surface area contributed by atoms with Gasteiger partial charge in [0.05, 0.1) is 6.61 Å². The first-order valence-electron chi connectivity index (χ1n) is 7.58. The molecular weight excluding hydrogens is 255 g/mol. The number of rotatable bonds is 7. The van der Waals surface area contributed by atoms with Gasteiger partial charge in [-0.3, -0.25) is 0 Å². The summed E-state index contributed by atoms with van der Waals surface area (Å²) in [7, 11) is 0. The molecule has 1 aromatic rings. The number of nitrogens with zero attached hydrogens (tertiary/aromatic N) is 1. The molecule has 1 aliphatic heterocycles. The van der Waals surface area contributed by atoms with Gasteiger partial charge in [-0.05, 0) is 75.5 Å². The van der Waals surface area contributed by atoms with Gasteiger partial charge in [0.25, 0.3) is 0 Å². The van der Waals surface area contributed by atoms with Crippen molar-refractivity contribution in [3.8, 4) is 5.75 Å². The SMILES string of the molecule is NCCC1CCN(CCCOc2ccc(F)cc2)CC1. The zero-order valence-electron chi connectivity index (χ0n) is 12.1. The normalized spacial score (nSPS) is 17.3. The summed E-state index contributed by atoms with van der Waals surface area (Å²) >= 11 is 0. The molecule has 0 amide bonds. The van der Waals surface area contributed by atoms with Crippen molar-refractivity contribution in [2.45, 2.75) is 25.7 Å². The summed E-state index contributed by atoms with van der Waals surface area (Å²) in [6.07, 6.45) is 4.73. The first-order chi connectivity index (χ1) is 9.78. The van der Waals surface area contributed by atoms with Crippen molar-refractivity contribution in [3.63, 3.8) is 0 Å². The Labute approximate surface area is 120 Å². The summed E-state index contributed by atoms with van der Waals surface area (Å²) in [4.78, 5) is 2.50. The summed E-state index contributed by atoms with van der Waals surface area (Å²) in [5.74, 6) is 1.34. The number of halogens is 1. The molecule has 1 heterocycles. The third-order valence-electron chi connectivity index (χ3n) is 3.98. The van der Waals surface area contributed by atoms with Gasteiger partial charge in [-0.1, -0.05) is 0 Å². The van der Waals surface area contributed by atoms with Crippen LogP contribution < -0.4 is 10.5 Å². The molecule has 3 nitrogen and oxygen atoms in total. The van der Waals surface area contributed by atoms with E-state index in [1.165, 1.54) is 44.5 Å². The molecule has 4 heteroatoms. The van der Waals surface area contributed by atoms with Gasteiger partial charge in [-0.15, -0.1) is 0 Å². The third-order valence-corrected chi connectivity index (χ3v) is 3.98. The number of hydrogen-bond acceptors (Lipinski definition) is 3. The zero-order valence-corrected chi connectivity index (χ0v) is 12.1.